The van der Waals surface area contributed by atoms with Crippen LogP contribution in [0.3, 0.4) is 0 Å². The molecule has 0 fully saturated rings. The van der Waals surface area contributed by atoms with Crippen molar-refractivity contribution in [1.29, 1.82) is 0 Å². The van der Waals surface area contributed by atoms with E-state index in [9.17, 15) is 14.4 Å². The van der Waals surface area contributed by atoms with Gasteiger partial charge in [0, 0.05) is 19.3 Å². The first-order valence-corrected chi connectivity index (χ1v) is 31.8. The molecule has 1 unspecified atom stereocenters. The van der Waals surface area contributed by atoms with Crippen molar-refractivity contribution in [2.45, 2.75) is 277 Å². The summed E-state index contributed by atoms with van der Waals surface area (Å²) >= 11 is 0. The first-order chi connectivity index (χ1) is 38.5. The zero-order valence-corrected chi connectivity index (χ0v) is 50.4. The molecule has 0 bridgehead atoms. The van der Waals surface area contributed by atoms with Gasteiger partial charge in [0.25, 0.3) is 0 Å². The van der Waals surface area contributed by atoms with E-state index in [2.05, 4.69) is 161 Å². The molecule has 0 spiro atoms. The van der Waals surface area contributed by atoms with E-state index in [1.165, 1.54) is 103 Å². The summed E-state index contributed by atoms with van der Waals surface area (Å²) < 4.78 is 16.8. The van der Waals surface area contributed by atoms with Gasteiger partial charge in [-0.3, -0.25) is 14.4 Å². The normalized spacial score (nSPS) is 13.1. The van der Waals surface area contributed by atoms with Crippen LogP contribution in [0.4, 0.5) is 0 Å². The quantitative estimate of drug-likeness (QED) is 0.0261. The van der Waals surface area contributed by atoms with Crippen molar-refractivity contribution in [2.24, 2.45) is 0 Å². The van der Waals surface area contributed by atoms with E-state index in [0.717, 1.165) is 122 Å². The third-order valence-electron chi connectivity index (χ3n) is 13.1. The lowest BCUT2D eigenvalue weighted by Gasteiger charge is -2.18. The highest BCUT2D eigenvalue weighted by Crippen LogP contribution is 2.15. The van der Waals surface area contributed by atoms with Gasteiger partial charge >= 0.3 is 17.9 Å². The average Bonchev–Trinajstić information content (AvgIpc) is 3.44. The maximum Gasteiger partial charge on any atom is 0.306 e. The fraction of sp³-hybridized carbons (Fsp3) is 0.625. The van der Waals surface area contributed by atoms with E-state index in [0.29, 0.717) is 19.3 Å². The molecule has 0 rings (SSSR count). The van der Waals surface area contributed by atoms with Crippen LogP contribution in [-0.4, -0.2) is 37.2 Å². The molecule has 0 aromatic heterocycles. The highest BCUT2D eigenvalue weighted by molar-refractivity contribution is 5.71. The van der Waals surface area contributed by atoms with Gasteiger partial charge in [-0.05, 0) is 128 Å². The number of unbranched alkanes of at least 4 members (excludes halogenated alkanes) is 21. The first-order valence-electron chi connectivity index (χ1n) is 31.8. The molecular weight excluding hydrogens is 961 g/mol. The smallest absolute Gasteiger partial charge is 0.306 e. The number of allylic oxidation sites excluding steroid dienone is 24. The number of ether oxygens (including phenoxy) is 3. The standard InChI is InChI=1S/C72H116O6/c1-4-7-10-13-16-19-22-25-27-29-31-32-33-34-35-36-37-38-39-40-41-43-44-47-50-53-56-59-62-65-71(74)77-68-69(67-76-70(73)64-61-58-55-52-49-46-24-21-18-15-12-9-6-3)78-72(75)66-63-60-57-54-51-48-45-42-30-28-26-23-20-17-14-11-8-5-2/h7,9-10,12,16,18-21,23,25,27-28,30-32,34-35,37-38,46,49,55,58,69H,4-6,8,11,13-15,17,22,24,26,29,33,36,39-45,47-48,50-54,56-57,59-68H2,1-3H3/b10-7-,12-9-,19-16-,21-18-,23-20-,27-25-,30-28-,32-31-,35-34-,38-37-,49-46-,58-55-. The summed E-state index contributed by atoms with van der Waals surface area (Å²) in [6.07, 6.45) is 93.0. The Bertz CT molecular complexity index is 1710. The zero-order valence-electron chi connectivity index (χ0n) is 50.4. The Morgan fingerprint density at radius 1 is 0.269 bits per heavy atom. The van der Waals surface area contributed by atoms with E-state index in [1.807, 2.05) is 6.08 Å². The molecule has 0 N–H and O–H groups in total. The maximum atomic E-state index is 12.9. The van der Waals surface area contributed by atoms with E-state index < -0.39 is 6.10 Å². The molecular formula is C72H116O6. The number of hydrogen-bond donors (Lipinski definition) is 0. The summed E-state index contributed by atoms with van der Waals surface area (Å²) in [5, 5.41) is 0. The van der Waals surface area contributed by atoms with Gasteiger partial charge in [0.1, 0.15) is 13.2 Å². The third-order valence-corrected chi connectivity index (χ3v) is 13.1. The van der Waals surface area contributed by atoms with Gasteiger partial charge in [-0.15, -0.1) is 0 Å². The number of carbonyl (C=O) groups is 3. The topological polar surface area (TPSA) is 78.9 Å². The number of rotatable bonds is 56. The van der Waals surface area contributed by atoms with Crippen LogP contribution >= 0.6 is 0 Å². The summed E-state index contributed by atoms with van der Waals surface area (Å²) in [5.41, 5.74) is 0. The first kappa shape index (κ1) is 73.3. The maximum absolute atomic E-state index is 12.9. The Balaban J connectivity index is 4.36. The van der Waals surface area contributed by atoms with Crippen molar-refractivity contribution in [1.82, 2.24) is 0 Å². The average molecular weight is 1080 g/mol. The summed E-state index contributed by atoms with van der Waals surface area (Å²) in [5.74, 6) is -1.01. The highest BCUT2D eigenvalue weighted by atomic mass is 16.6. The lowest BCUT2D eigenvalue weighted by Crippen LogP contribution is -2.30. The zero-order chi connectivity index (χ0) is 56.4. The van der Waals surface area contributed by atoms with Crippen molar-refractivity contribution >= 4 is 17.9 Å². The van der Waals surface area contributed by atoms with Gasteiger partial charge in [-0.25, -0.2) is 0 Å². The molecule has 0 radical (unpaired) electrons. The minimum absolute atomic E-state index is 0.110. The Hall–Kier alpha value is -4.71. The molecule has 440 valence electrons. The lowest BCUT2D eigenvalue weighted by molar-refractivity contribution is -0.166. The van der Waals surface area contributed by atoms with Crippen LogP contribution in [0.15, 0.2) is 146 Å². The van der Waals surface area contributed by atoms with Crippen LogP contribution in [0.2, 0.25) is 0 Å². The van der Waals surface area contributed by atoms with Crippen LogP contribution in [0.25, 0.3) is 0 Å². The van der Waals surface area contributed by atoms with Gasteiger partial charge in [0.15, 0.2) is 6.10 Å². The number of hydrogen-bond acceptors (Lipinski definition) is 6. The molecule has 6 heteroatoms. The lowest BCUT2D eigenvalue weighted by atomic mass is 10.1. The van der Waals surface area contributed by atoms with Gasteiger partial charge in [-0.1, -0.05) is 269 Å². The predicted octanol–water partition coefficient (Wildman–Crippen LogP) is 21.9. The summed E-state index contributed by atoms with van der Waals surface area (Å²) in [7, 11) is 0. The van der Waals surface area contributed by atoms with Crippen LogP contribution < -0.4 is 0 Å². The van der Waals surface area contributed by atoms with Gasteiger partial charge in [0.05, 0.1) is 0 Å². The minimum Gasteiger partial charge on any atom is -0.462 e. The Morgan fingerprint density at radius 3 is 0.859 bits per heavy atom. The molecule has 0 aromatic rings. The summed E-state index contributed by atoms with van der Waals surface area (Å²) in [6, 6.07) is 0. The number of carbonyl (C=O) groups excluding carboxylic acids is 3. The Morgan fingerprint density at radius 2 is 0.526 bits per heavy atom. The molecule has 1 atom stereocenters. The molecule has 0 aliphatic carbocycles. The van der Waals surface area contributed by atoms with Gasteiger partial charge < -0.3 is 14.2 Å². The molecule has 0 aliphatic heterocycles. The minimum atomic E-state index is -0.819. The largest absolute Gasteiger partial charge is 0.462 e. The van der Waals surface area contributed by atoms with Crippen LogP contribution in [0, 0.1) is 0 Å². The van der Waals surface area contributed by atoms with E-state index in [1.54, 1.807) is 0 Å². The van der Waals surface area contributed by atoms with Crippen LogP contribution in [-0.2, 0) is 28.6 Å². The van der Waals surface area contributed by atoms with Crippen molar-refractivity contribution in [3.05, 3.63) is 146 Å². The highest BCUT2D eigenvalue weighted by Gasteiger charge is 2.19. The van der Waals surface area contributed by atoms with Gasteiger partial charge in [0.2, 0.25) is 0 Å². The van der Waals surface area contributed by atoms with Crippen molar-refractivity contribution in [2.75, 3.05) is 13.2 Å². The summed E-state index contributed by atoms with van der Waals surface area (Å²) in [4.78, 5) is 38.2. The molecule has 78 heavy (non-hydrogen) atoms. The molecule has 6 nitrogen and oxygen atoms in total. The molecule has 0 aliphatic rings. The second kappa shape index (κ2) is 64.8. The predicted molar refractivity (Wildman–Crippen MR) is 339 cm³/mol. The SMILES string of the molecule is CC/C=C\C/C=C\C/C=C\C/C=C\C/C=C\C/C=C\CCCCCCCCCCCCC(=O)OCC(COC(=O)CC/C=C\C/C=C\C/C=C\C/C=C\CC)OC(=O)CCCCCCCCC/C=C\C/C=C\CCCCCC. The molecule has 0 amide bonds. The summed E-state index contributed by atoms with van der Waals surface area (Å²) in [6.45, 7) is 6.32. The Labute approximate surface area is 480 Å². The van der Waals surface area contributed by atoms with Crippen molar-refractivity contribution < 1.29 is 28.6 Å². The van der Waals surface area contributed by atoms with E-state index in [-0.39, 0.29) is 37.5 Å². The third kappa shape index (κ3) is 62.1. The fourth-order valence-corrected chi connectivity index (χ4v) is 8.37. The van der Waals surface area contributed by atoms with Crippen molar-refractivity contribution in [3.8, 4) is 0 Å². The Kier molecular flexibility index (Phi) is 60.9. The van der Waals surface area contributed by atoms with Crippen LogP contribution in [0.1, 0.15) is 271 Å². The van der Waals surface area contributed by atoms with Crippen molar-refractivity contribution in [3.63, 3.8) is 0 Å². The number of esters is 3. The van der Waals surface area contributed by atoms with Gasteiger partial charge in [-0.2, -0.15) is 0 Å². The second-order valence-corrected chi connectivity index (χ2v) is 20.5. The van der Waals surface area contributed by atoms with E-state index >= 15 is 0 Å². The van der Waals surface area contributed by atoms with Crippen LogP contribution in [0.5, 0.6) is 0 Å². The molecule has 0 heterocycles. The molecule has 0 aromatic carbocycles. The molecule has 0 saturated heterocycles. The van der Waals surface area contributed by atoms with E-state index in [4.69, 9.17) is 14.2 Å². The fourth-order valence-electron chi connectivity index (χ4n) is 8.37. The monoisotopic (exact) mass is 1080 g/mol. The molecule has 0 saturated carbocycles. The second-order valence-electron chi connectivity index (χ2n) is 20.5.